The van der Waals surface area contributed by atoms with E-state index in [9.17, 15) is 9.18 Å². The summed E-state index contributed by atoms with van der Waals surface area (Å²) in [6.45, 7) is 4.41. The number of benzene rings is 2. The average molecular weight is 431 g/mol. The first-order valence-corrected chi connectivity index (χ1v) is 11.9. The zero-order valence-electron chi connectivity index (χ0n) is 18.9. The van der Waals surface area contributed by atoms with Crippen LogP contribution >= 0.6 is 0 Å². The summed E-state index contributed by atoms with van der Waals surface area (Å²) in [5.41, 5.74) is 4.46. The van der Waals surface area contributed by atoms with Crippen molar-refractivity contribution in [2.24, 2.45) is 5.92 Å². The predicted octanol–water partition coefficient (Wildman–Crippen LogP) is 6.52. The first kappa shape index (κ1) is 21.1. The third-order valence-electron chi connectivity index (χ3n) is 7.86. The first-order chi connectivity index (χ1) is 15.4. The van der Waals surface area contributed by atoms with Gasteiger partial charge in [-0.25, -0.2) is 4.39 Å². The molecule has 2 aromatic carbocycles. The Hall–Kier alpha value is -2.75. The standard InChI is InChI=1S/C28H31FN2O/c1-18(31-27(32)21-7-9-22(10-8-21)28(2)14-15-28)19-3-5-20(6-4-19)24-13-16-30-26-12-11-23(29)17-25(24)26/h7-13,16-20H,3-6,14-15H2,1-2H3,(H,31,32)/t18-,19?,20?/m1/s1. The van der Waals surface area contributed by atoms with Crippen LogP contribution in [0, 0.1) is 11.7 Å². The fraction of sp³-hybridized carbons (Fsp3) is 0.429. The zero-order valence-corrected chi connectivity index (χ0v) is 18.9. The number of amides is 1. The van der Waals surface area contributed by atoms with Crippen molar-refractivity contribution in [2.75, 3.05) is 0 Å². The van der Waals surface area contributed by atoms with Crippen molar-refractivity contribution in [1.29, 1.82) is 0 Å². The Bertz CT molecular complexity index is 1130. The molecule has 5 rings (SSSR count). The summed E-state index contributed by atoms with van der Waals surface area (Å²) >= 11 is 0. The van der Waals surface area contributed by atoms with Crippen LogP contribution in [-0.2, 0) is 5.41 Å². The van der Waals surface area contributed by atoms with Gasteiger partial charge in [0, 0.05) is 23.2 Å². The summed E-state index contributed by atoms with van der Waals surface area (Å²) < 4.78 is 13.8. The van der Waals surface area contributed by atoms with E-state index in [0.717, 1.165) is 42.1 Å². The van der Waals surface area contributed by atoms with E-state index in [4.69, 9.17) is 0 Å². The first-order valence-electron chi connectivity index (χ1n) is 11.9. The number of nitrogens with zero attached hydrogens (tertiary/aromatic N) is 1. The Morgan fingerprint density at radius 3 is 2.47 bits per heavy atom. The van der Waals surface area contributed by atoms with E-state index < -0.39 is 0 Å². The molecule has 166 valence electrons. The highest BCUT2D eigenvalue weighted by Gasteiger charge is 2.38. The van der Waals surface area contributed by atoms with Crippen LogP contribution in [-0.4, -0.2) is 16.9 Å². The van der Waals surface area contributed by atoms with Crippen molar-refractivity contribution < 1.29 is 9.18 Å². The molecule has 1 heterocycles. The number of hydrogen-bond donors (Lipinski definition) is 1. The van der Waals surface area contributed by atoms with Gasteiger partial charge in [0.25, 0.3) is 5.91 Å². The number of halogens is 1. The van der Waals surface area contributed by atoms with Gasteiger partial charge in [0.1, 0.15) is 5.82 Å². The van der Waals surface area contributed by atoms with Gasteiger partial charge in [0.15, 0.2) is 0 Å². The molecule has 0 unspecified atom stereocenters. The molecule has 1 N–H and O–H groups in total. The Kier molecular flexibility index (Phi) is 5.48. The fourth-order valence-corrected chi connectivity index (χ4v) is 5.33. The van der Waals surface area contributed by atoms with Crippen molar-refractivity contribution in [3.05, 3.63) is 77.2 Å². The maximum atomic E-state index is 13.8. The van der Waals surface area contributed by atoms with E-state index in [1.165, 1.54) is 30.0 Å². The van der Waals surface area contributed by atoms with E-state index in [1.54, 1.807) is 12.1 Å². The van der Waals surface area contributed by atoms with Gasteiger partial charge in [-0.3, -0.25) is 9.78 Å². The number of rotatable bonds is 5. The Labute approximate surface area is 189 Å². The van der Waals surface area contributed by atoms with Crippen molar-refractivity contribution in [3.63, 3.8) is 0 Å². The monoisotopic (exact) mass is 430 g/mol. The number of fused-ring (bicyclic) bond motifs is 1. The van der Waals surface area contributed by atoms with Crippen LogP contribution in [0.3, 0.4) is 0 Å². The van der Waals surface area contributed by atoms with Crippen molar-refractivity contribution in [1.82, 2.24) is 10.3 Å². The van der Waals surface area contributed by atoms with E-state index in [0.29, 0.717) is 17.3 Å². The summed E-state index contributed by atoms with van der Waals surface area (Å²) in [5, 5.41) is 4.16. The molecule has 2 aliphatic rings. The molecule has 1 amide bonds. The highest BCUT2D eigenvalue weighted by molar-refractivity contribution is 5.94. The number of carbonyl (C=O) groups is 1. The van der Waals surface area contributed by atoms with Gasteiger partial charge in [0.2, 0.25) is 0 Å². The summed E-state index contributed by atoms with van der Waals surface area (Å²) in [6.07, 6.45) is 8.52. The van der Waals surface area contributed by atoms with Crippen molar-refractivity contribution in [2.45, 2.75) is 69.7 Å². The van der Waals surface area contributed by atoms with Crippen LogP contribution in [0.1, 0.15) is 79.8 Å². The lowest BCUT2D eigenvalue weighted by Gasteiger charge is -2.33. The fourth-order valence-electron chi connectivity index (χ4n) is 5.33. The molecule has 32 heavy (non-hydrogen) atoms. The predicted molar refractivity (Wildman–Crippen MR) is 126 cm³/mol. The van der Waals surface area contributed by atoms with E-state index in [1.807, 2.05) is 24.4 Å². The molecule has 1 aromatic heterocycles. The Morgan fingerprint density at radius 2 is 1.78 bits per heavy atom. The minimum Gasteiger partial charge on any atom is -0.349 e. The molecule has 2 fully saturated rings. The molecule has 3 nitrogen and oxygen atoms in total. The molecule has 2 saturated carbocycles. The van der Waals surface area contributed by atoms with Crippen LogP contribution < -0.4 is 5.32 Å². The molecule has 0 radical (unpaired) electrons. The molecular weight excluding hydrogens is 399 g/mol. The third-order valence-corrected chi connectivity index (χ3v) is 7.86. The summed E-state index contributed by atoms with van der Waals surface area (Å²) in [7, 11) is 0. The molecule has 0 bridgehead atoms. The van der Waals surface area contributed by atoms with Gasteiger partial charge in [-0.15, -0.1) is 0 Å². The maximum Gasteiger partial charge on any atom is 0.251 e. The van der Waals surface area contributed by atoms with Gasteiger partial charge >= 0.3 is 0 Å². The number of aromatic nitrogens is 1. The Morgan fingerprint density at radius 1 is 1.06 bits per heavy atom. The maximum absolute atomic E-state index is 13.8. The SMILES string of the molecule is C[C@@H](NC(=O)c1ccc(C2(C)CC2)cc1)C1CCC(c2ccnc3ccc(F)cc23)CC1. The normalized spacial score (nSPS) is 23.0. The molecule has 2 aliphatic carbocycles. The van der Waals surface area contributed by atoms with Crippen molar-refractivity contribution in [3.8, 4) is 0 Å². The highest BCUT2D eigenvalue weighted by atomic mass is 19.1. The van der Waals surface area contributed by atoms with Crippen LogP contribution in [0.5, 0.6) is 0 Å². The molecule has 0 aliphatic heterocycles. The lowest BCUT2D eigenvalue weighted by Crippen LogP contribution is -2.39. The lowest BCUT2D eigenvalue weighted by molar-refractivity contribution is 0.0918. The lowest BCUT2D eigenvalue weighted by atomic mass is 9.75. The highest BCUT2D eigenvalue weighted by Crippen LogP contribution is 2.47. The van der Waals surface area contributed by atoms with E-state index in [2.05, 4.69) is 36.3 Å². The van der Waals surface area contributed by atoms with Gasteiger partial charge < -0.3 is 5.32 Å². The molecule has 0 saturated heterocycles. The van der Waals surface area contributed by atoms with Crippen LogP contribution in [0.25, 0.3) is 10.9 Å². The molecule has 1 atom stereocenters. The third kappa shape index (κ3) is 4.15. The topological polar surface area (TPSA) is 42.0 Å². The second-order valence-corrected chi connectivity index (χ2v) is 10.1. The molecule has 4 heteroatoms. The van der Waals surface area contributed by atoms with Crippen LogP contribution in [0.4, 0.5) is 4.39 Å². The van der Waals surface area contributed by atoms with Gasteiger partial charge in [-0.1, -0.05) is 19.1 Å². The number of nitrogens with one attached hydrogen (secondary N) is 1. The van der Waals surface area contributed by atoms with Gasteiger partial charge in [0.05, 0.1) is 5.52 Å². The largest absolute Gasteiger partial charge is 0.349 e. The minimum absolute atomic E-state index is 0.0164. The second kappa shape index (κ2) is 8.31. The number of hydrogen-bond acceptors (Lipinski definition) is 2. The second-order valence-electron chi connectivity index (χ2n) is 10.1. The van der Waals surface area contributed by atoms with Gasteiger partial charge in [-0.05, 0) is 110 Å². The van der Waals surface area contributed by atoms with Gasteiger partial charge in [-0.2, -0.15) is 0 Å². The van der Waals surface area contributed by atoms with E-state index in [-0.39, 0.29) is 17.8 Å². The summed E-state index contributed by atoms with van der Waals surface area (Å²) in [6, 6.07) is 15.2. The zero-order chi connectivity index (χ0) is 22.3. The van der Waals surface area contributed by atoms with E-state index >= 15 is 0 Å². The summed E-state index contributed by atoms with van der Waals surface area (Å²) in [5.74, 6) is 0.682. The summed E-state index contributed by atoms with van der Waals surface area (Å²) in [4.78, 5) is 17.2. The number of pyridine rings is 1. The minimum atomic E-state index is -0.212. The molecule has 3 aromatic rings. The van der Waals surface area contributed by atoms with Crippen LogP contribution in [0.15, 0.2) is 54.7 Å². The quantitative estimate of drug-likeness (QED) is 0.501. The Balaban J connectivity index is 1.20. The number of carbonyl (C=O) groups excluding carboxylic acids is 1. The molecule has 0 spiro atoms. The average Bonchev–Trinajstić information content (AvgIpc) is 3.57. The molecular formula is C28H31FN2O. The smallest absolute Gasteiger partial charge is 0.251 e. The van der Waals surface area contributed by atoms with Crippen molar-refractivity contribution >= 4 is 16.8 Å². The van der Waals surface area contributed by atoms with Crippen LogP contribution in [0.2, 0.25) is 0 Å².